The zero-order valence-corrected chi connectivity index (χ0v) is 23.4. The molecule has 2 N–H and O–H groups in total. The molecule has 206 valence electrons. The second-order valence-electron chi connectivity index (χ2n) is 10.7. The molecular formula is C29H33FN4O4S. The van der Waals surface area contributed by atoms with Crippen molar-refractivity contribution in [1.82, 2.24) is 14.1 Å². The Morgan fingerprint density at radius 3 is 2.46 bits per heavy atom. The van der Waals surface area contributed by atoms with Gasteiger partial charge in [0.05, 0.1) is 23.5 Å². The fraction of sp³-hybridized carbons (Fsp3) is 0.345. The van der Waals surface area contributed by atoms with E-state index in [1.807, 2.05) is 0 Å². The zero-order valence-electron chi connectivity index (χ0n) is 22.6. The van der Waals surface area contributed by atoms with Crippen molar-refractivity contribution >= 4 is 26.8 Å². The molecule has 0 fully saturated rings. The van der Waals surface area contributed by atoms with Gasteiger partial charge >= 0.3 is 0 Å². The van der Waals surface area contributed by atoms with E-state index in [4.69, 9.17) is 5.14 Å². The molecule has 0 unspecified atom stereocenters. The Hall–Kier alpha value is -3.63. The molecule has 2 aromatic heterocycles. The highest BCUT2D eigenvalue weighted by atomic mass is 32.2. The number of ketones is 1. The van der Waals surface area contributed by atoms with E-state index in [0.29, 0.717) is 40.0 Å². The van der Waals surface area contributed by atoms with Gasteiger partial charge in [0.1, 0.15) is 17.2 Å². The highest BCUT2D eigenvalue weighted by molar-refractivity contribution is 7.89. The van der Waals surface area contributed by atoms with Crippen LogP contribution in [-0.2, 0) is 34.3 Å². The Balaban J connectivity index is 1.79. The van der Waals surface area contributed by atoms with Crippen molar-refractivity contribution in [2.75, 3.05) is 0 Å². The first-order valence-corrected chi connectivity index (χ1v) is 14.4. The average Bonchev–Trinajstić information content (AvgIpc) is 3.22. The minimum absolute atomic E-state index is 0.0466. The summed E-state index contributed by atoms with van der Waals surface area (Å²) >= 11 is 0. The predicted octanol–water partition coefficient (Wildman–Crippen LogP) is 4.66. The fourth-order valence-corrected chi connectivity index (χ4v) is 5.16. The highest BCUT2D eigenvalue weighted by Gasteiger charge is 2.23. The van der Waals surface area contributed by atoms with Gasteiger partial charge in [-0.2, -0.15) is 0 Å². The number of carbonyl (C=O) groups is 1. The number of pyridine rings is 1. The first-order valence-electron chi connectivity index (χ1n) is 12.8. The summed E-state index contributed by atoms with van der Waals surface area (Å²) in [6.45, 7) is 7.44. The van der Waals surface area contributed by atoms with Crippen molar-refractivity contribution in [2.24, 2.45) is 10.6 Å². The number of Topliss-reactive ketones (excluding diaryl/α,β-unsaturated/α-hetero) is 1. The molecule has 0 atom stereocenters. The number of halogens is 1. The maximum atomic E-state index is 15.5. The minimum Gasteiger partial charge on any atom is -0.319 e. The third-order valence-electron chi connectivity index (χ3n) is 6.74. The van der Waals surface area contributed by atoms with E-state index in [1.54, 1.807) is 67.9 Å². The zero-order chi connectivity index (χ0) is 28.5. The smallest absolute Gasteiger partial charge is 0.277 e. The normalized spacial score (nSPS) is 12.3. The SMILES string of the molecule is CCCCc1nc2ccn(CC(=O)C(C)(C)C)c(=O)c2n1Cc1ccc(-c2ccccc2S(N)(=O)=O)cc1F. The van der Waals surface area contributed by atoms with Crippen molar-refractivity contribution < 1.29 is 17.6 Å². The monoisotopic (exact) mass is 552 g/mol. The van der Waals surface area contributed by atoms with E-state index in [1.165, 1.54) is 16.7 Å². The number of fused-ring (bicyclic) bond motifs is 1. The number of primary sulfonamides is 1. The van der Waals surface area contributed by atoms with Crippen molar-refractivity contribution in [1.29, 1.82) is 0 Å². The van der Waals surface area contributed by atoms with Gasteiger partial charge in [0, 0.05) is 29.2 Å². The topological polar surface area (TPSA) is 117 Å². The van der Waals surface area contributed by atoms with E-state index >= 15 is 4.39 Å². The molecule has 0 spiro atoms. The summed E-state index contributed by atoms with van der Waals surface area (Å²) in [5.41, 5.74) is 0.814. The number of nitrogens with two attached hydrogens (primary N) is 1. The molecule has 39 heavy (non-hydrogen) atoms. The van der Waals surface area contributed by atoms with Gasteiger partial charge in [-0.25, -0.2) is 22.9 Å². The van der Waals surface area contributed by atoms with Crippen LogP contribution >= 0.6 is 0 Å². The molecule has 4 rings (SSSR count). The lowest BCUT2D eigenvalue weighted by Gasteiger charge is -2.17. The third kappa shape index (κ3) is 6.02. The van der Waals surface area contributed by atoms with Gasteiger partial charge in [0.2, 0.25) is 10.0 Å². The Bertz CT molecular complexity index is 1720. The van der Waals surface area contributed by atoms with Gasteiger partial charge in [0.15, 0.2) is 5.78 Å². The molecule has 0 bridgehead atoms. The van der Waals surface area contributed by atoms with Crippen LogP contribution in [0.3, 0.4) is 0 Å². The number of hydrogen-bond donors (Lipinski definition) is 1. The van der Waals surface area contributed by atoms with Crippen molar-refractivity contribution in [3.63, 3.8) is 0 Å². The van der Waals surface area contributed by atoms with E-state index in [-0.39, 0.29) is 29.3 Å². The molecule has 0 saturated heterocycles. The van der Waals surface area contributed by atoms with Crippen molar-refractivity contribution in [3.05, 3.63) is 82.3 Å². The number of nitrogens with zero attached hydrogens (tertiary/aromatic N) is 3. The molecule has 8 nitrogen and oxygen atoms in total. The first-order chi connectivity index (χ1) is 18.3. The van der Waals surface area contributed by atoms with Crippen molar-refractivity contribution in [2.45, 2.75) is 64.9 Å². The number of rotatable bonds is 9. The molecule has 0 amide bonds. The molecule has 0 radical (unpaired) electrons. The van der Waals surface area contributed by atoms with Crippen LogP contribution in [0, 0.1) is 11.2 Å². The van der Waals surface area contributed by atoms with E-state index in [0.717, 1.165) is 12.8 Å². The number of unbranched alkanes of at least 4 members (excludes halogenated alkanes) is 1. The number of carbonyl (C=O) groups excluding carboxylic acids is 1. The van der Waals surface area contributed by atoms with Gasteiger partial charge < -0.3 is 9.13 Å². The van der Waals surface area contributed by atoms with Gasteiger partial charge in [-0.15, -0.1) is 0 Å². The number of aryl methyl sites for hydroxylation is 1. The van der Waals surface area contributed by atoms with Crippen LogP contribution in [0.15, 0.2) is 64.4 Å². The second-order valence-corrected chi connectivity index (χ2v) is 12.3. The van der Waals surface area contributed by atoms with Crippen LogP contribution in [-0.4, -0.2) is 28.3 Å². The molecule has 0 saturated carbocycles. The molecule has 10 heteroatoms. The van der Waals surface area contributed by atoms with Crippen LogP contribution in [0.4, 0.5) is 4.39 Å². The first kappa shape index (κ1) is 28.4. The molecule has 0 aliphatic rings. The lowest BCUT2D eigenvalue weighted by atomic mass is 9.91. The lowest BCUT2D eigenvalue weighted by molar-refractivity contribution is -0.126. The number of hydrogen-bond acceptors (Lipinski definition) is 5. The largest absolute Gasteiger partial charge is 0.319 e. The highest BCUT2D eigenvalue weighted by Crippen LogP contribution is 2.29. The standard InChI is InChI=1S/C29H33FN4O4S/c1-5-6-11-26-32-23-14-15-33(18-25(35)29(2,3)4)28(36)27(23)34(26)17-20-13-12-19(16-22(20)30)21-9-7-8-10-24(21)39(31,37)38/h7-10,12-16H,5-6,11,17-18H2,1-4H3,(H2,31,37,38). The summed E-state index contributed by atoms with van der Waals surface area (Å²) < 4.78 is 42.7. The Labute approximate surface area is 227 Å². The van der Waals surface area contributed by atoms with Crippen LogP contribution in [0.5, 0.6) is 0 Å². The maximum Gasteiger partial charge on any atom is 0.277 e. The van der Waals surface area contributed by atoms with Gasteiger partial charge in [-0.1, -0.05) is 64.4 Å². The average molecular weight is 553 g/mol. The number of sulfonamides is 1. The van der Waals surface area contributed by atoms with Crippen molar-refractivity contribution in [3.8, 4) is 11.1 Å². The fourth-order valence-electron chi connectivity index (χ4n) is 4.40. The summed E-state index contributed by atoms with van der Waals surface area (Å²) in [7, 11) is -4.01. The Morgan fingerprint density at radius 2 is 1.82 bits per heavy atom. The van der Waals surface area contributed by atoms with Gasteiger partial charge in [0.25, 0.3) is 5.56 Å². The maximum absolute atomic E-state index is 15.5. The van der Waals surface area contributed by atoms with E-state index in [9.17, 15) is 18.0 Å². The van der Waals surface area contributed by atoms with E-state index in [2.05, 4.69) is 11.9 Å². The number of benzene rings is 2. The van der Waals surface area contributed by atoms with Crippen LogP contribution in [0.25, 0.3) is 22.2 Å². The molecule has 2 heterocycles. The predicted molar refractivity (Wildman–Crippen MR) is 149 cm³/mol. The molecule has 4 aromatic rings. The summed E-state index contributed by atoms with van der Waals surface area (Å²) in [5, 5.41) is 5.36. The van der Waals surface area contributed by atoms with E-state index < -0.39 is 21.3 Å². The minimum atomic E-state index is -4.01. The summed E-state index contributed by atoms with van der Waals surface area (Å²) in [5.74, 6) is 0.0219. The van der Waals surface area contributed by atoms with Crippen LogP contribution < -0.4 is 10.7 Å². The molecule has 2 aromatic carbocycles. The molecular weight excluding hydrogens is 519 g/mol. The second kappa shape index (κ2) is 10.9. The quantitative estimate of drug-likeness (QED) is 0.324. The third-order valence-corrected chi connectivity index (χ3v) is 7.71. The summed E-state index contributed by atoms with van der Waals surface area (Å²) in [4.78, 5) is 30.8. The Kier molecular flexibility index (Phi) is 7.90. The van der Waals surface area contributed by atoms with Gasteiger partial charge in [-0.3, -0.25) is 9.59 Å². The summed E-state index contributed by atoms with van der Waals surface area (Å²) in [6.07, 6.45) is 3.94. The molecule has 0 aliphatic carbocycles. The number of imidazole rings is 1. The Morgan fingerprint density at radius 1 is 1.10 bits per heavy atom. The van der Waals surface area contributed by atoms with Crippen LogP contribution in [0.2, 0.25) is 0 Å². The summed E-state index contributed by atoms with van der Waals surface area (Å²) in [6, 6.07) is 12.3. The number of aromatic nitrogens is 3. The van der Waals surface area contributed by atoms with Crippen LogP contribution in [0.1, 0.15) is 51.9 Å². The van der Waals surface area contributed by atoms with Gasteiger partial charge in [-0.05, 0) is 30.2 Å². The molecule has 0 aliphatic heterocycles. The lowest BCUT2D eigenvalue weighted by Crippen LogP contribution is -2.31.